The van der Waals surface area contributed by atoms with Crippen LogP contribution in [0.1, 0.15) is 36.2 Å². The minimum Gasteiger partial charge on any atom is -0.391 e. The number of fused-ring (bicyclic) bond motifs is 1. The molecule has 3 heterocycles. The van der Waals surface area contributed by atoms with Gasteiger partial charge in [-0.3, -0.25) is 9.69 Å². The van der Waals surface area contributed by atoms with E-state index in [4.69, 9.17) is 11.6 Å². The Bertz CT molecular complexity index is 603. The van der Waals surface area contributed by atoms with Gasteiger partial charge in [-0.25, -0.2) is 4.98 Å². The molecule has 2 saturated heterocycles. The van der Waals surface area contributed by atoms with E-state index in [1.54, 1.807) is 12.1 Å². The highest BCUT2D eigenvalue weighted by molar-refractivity contribution is 6.30. The van der Waals surface area contributed by atoms with Crippen molar-refractivity contribution in [1.82, 2.24) is 14.8 Å². The van der Waals surface area contributed by atoms with Crippen LogP contribution in [-0.4, -0.2) is 64.1 Å². The third kappa shape index (κ3) is 3.05. The van der Waals surface area contributed by atoms with Crippen LogP contribution < -0.4 is 0 Å². The molecule has 1 aliphatic carbocycles. The van der Waals surface area contributed by atoms with E-state index in [9.17, 15) is 9.90 Å². The number of carbonyl (C=O) groups is 1. The van der Waals surface area contributed by atoms with Crippen LogP contribution >= 0.6 is 11.6 Å². The van der Waals surface area contributed by atoms with Gasteiger partial charge in [-0.2, -0.15) is 0 Å². The monoisotopic (exact) mass is 349 g/mol. The van der Waals surface area contributed by atoms with E-state index in [1.807, 2.05) is 4.90 Å². The third-order valence-corrected chi connectivity index (χ3v) is 6.18. The molecule has 1 amide bonds. The number of hydrogen-bond acceptors (Lipinski definition) is 4. The fraction of sp³-hybridized carbons (Fsp3) is 0.667. The first-order valence-electron chi connectivity index (χ1n) is 8.95. The largest absolute Gasteiger partial charge is 0.391 e. The highest BCUT2D eigenvalue weighted by Crippen LogP contribution is 2.39. The van der Waals surface area contributed by atoms with Gasteiger partial charge in [0.1, 0.15) is 5.69 Å². The summed E-state index contributed by atoms with van der Waals surface area (Å²) in [5.41, 5.74) is 0.453. The number of amides is 1. The number of aliphatic hydroxyl groups excluding tert-OH is 1. The van der Waals surface area contributed by atoms with E-state index in [0.29, 0.717) is 22.6 Å². The minimum atomic E-state index is -0.256. The summed E-state index contributed by atoms with van der Waals surface area (Å²) in [6.45, 7) is 3.73. The summed E-state index contributed by atoms with van der Waals surface area (Å²) in [5, 5.41) is 11.1. The van der Waals surface area contributed by atoms with Gasteiger partial charge >= 0.3 is 0 Å². The van der Waals surface area contributed by atoms with Gasteiger partial charge in [-0.1, -0.05) is 11.6 Å². The SMILES string of the molecule is O=C(c1ccc(Cl)cn1)N1C[C@H]2C[C@@H](N3CCCC3)[C@H](O)C[C@H]2C1. The fourth-order valence-corrected chi connectivity index (χ4v) is 4.81. The second-order valence-corrected chi connectivity index (χ2v) is 7.88. The number of pyridine rings is 1. The topological polar surface area (TPSA) is 56.7 Å². The predicted molar refractivity (Wildman–Crippen MR) is 92.0 cm³/mol. The van der Waals surface area contributed by atoms with Crippen molar-refractivity contribution in [3.63, 3.8) is 0 Å². The molecule has 3 fully saturated rings. The maximum Gasteiger partial charge on any atom is 0.272 e. The molecule has 4 atom stereocenters. The Morgan fingerprint density at radius 2 is 1.88 bits per heavy atom. The summed E-state index contributed by atoms with van der Waals surface area (Å²) in [6.07, 6.45) is 5.56. The predicted octanol–water partition coefficient (Wildman–Crippen LogP) is 2.04. The first kappa shape index (κ1) is 16.3. The van der Waals surface area contributed by atoms with Crippen molar-refractivity contribution < 1.29 is 9.90 Å². The van der Waals surface area contributed by atoms with Crippen LogP contribution in [0.4, 0.5) is 0 Å². The Balaban J connectivity index is 1.43. The summed E-state index contributed by atoms with van der Waals surface area (Å²) in [5.74, 6) is 0.888. The average Bonchev–Trinajstić information content (AvgIpc) is 3.23. The number of hydrogen-bond donors (Lipinski definition) is 1. The molecule has 130 valence electrons. The first-order chi connectivity index (χ1) is 11.6. The molecule has 1 aromatic heterocycles. The summed E-state index contributed by atoms with van der Waals surface area (Å²) >= 11 is 5.85. The zero-order chi connectivity index (χ0) is 16.7. The van der Waals surface area contributed by atoms with E-state index in [1.165, 1.54) is 19.0 Å². The molecule has 3 aliphatic rings. The van der Waals surface area contributed by atoms with Crippen molar-refractivity contribution in [2.75, 3.05) is 26.2 Å². The van der Waals surface area contributed by atoms with Crippen LogP contribution in [0.25, 0.3) is 0 Å². The third-order valence-electron chi connectivity index (χ3n) is 5.95. The summed E-state index contributed by atoms with van der Waals surface area (Å²) < 4.78 is 0. The average molecular weight is 350 g/mol. The molecular weight excluding hydrogens is 326 g/mol. The van der Waals surface area contributed by atoms with Crippen molar-refractivity contribution in [3.8, 4) is 0 Å². The highest BCUT2D eigenvalue weighted by atomic mass is 35.5. The van der Waals surface area contributed by atoms with Gasteiger partial charge in [0.25, 0.3) is 5.91 Å². The number of rotatable bonds is 2. The number of halogens is 1. The van der Waals surface area contributed by atoms with Crippen molar-refractivity contribution >= 4 is 17.5 Å². The molecule has 5 nitrogen and oxygen atoms in total. The lowest BCUT2D eigenvalue weighted by Crippen LogP contribution is -2.48. The second kappa shape index (κ2) is 6.62. The van der Waals surface area contributed by atoms with E-state index < -0.39 is 0 Å². The maximum absolute atomic E-state index is 12.7. The molecule has 0 bridgehead atoms. The maximum atomic E-state index is 12.7. The Morgan fingerprint density at radius 1 is 1.17 bits per heavy atom. The Kier molecular flexibility index (Phi) is 4.50. The van der Waals surface area contributed by atoms with Crippen molar-refractivity contribution in [3.05, 3.63) is 29.0 Å². The van der Waals surface area contributed by atoms with E-state index in [2.05, 4.69) is 9.88 Å². The number of aliphatic hydroxyl groups is 1. The molecule has 1 saturated carbocycles. The molecular formula is C18H24ClN3O2. The van der Waals surface area contributed by atoms with E-state index in [-0.39, 0.29) is 18.1 Å². The smallest absolute Gasteiger partial charge is 0.272 e. The van der Waals surface area contributed by atoms with Gasteiger partial charge in [-0.15, -0.1) is 0 Å². The van der Waals surface area contributed by atoms with Gasteiger partial charge in [0.2, 0.25) is 0 Å². The number of nitrogens with zero attached hydrogens (tertiary/aromatic N) is 3. The van der Waals surface area contributed by atoms with Crippen LogP contribution in [0.2, 0.25) is 5.02 Å². The minimum absolute atomic E-state index is 0.0201. The lowest BCUT2D eigenvalue weighted by molar-refractivity contribution is -0.000864. The normalized spacial score (nSPS) is 33.7. The molecule has 1 N–H and O–H groups in total. The lowest BCUT2D eigenvalue weighted by Gasteiger charge is -2.40. The van der Waals surface area contributed by atoms with Crippen LogP contribution in [0, 0.1) is 11.8 Å². The summed E-state index contributed by atoms with van der Waals surface area (Å²) in [7, 11) is 0. The molecule has 0 spiro atoms. The second-order valence-electron chi connectivity index (χ2n) is 7.44. The van der Waals surface area contributed by atoms with Gasteiger partial charge in [0.15, 0.2) is 0 Å². The van der Waals surface area contributed by atoms with Crippen molar-refractivity contribution in [2.45, 2.75) is 37.8 Å². The Morgan fingerprint density at radius 3 is 2.54 bits per heavy atom. The highest BCUT2D eigenvalue weighted by Gasteiger charge is 2.45. The van der Waals surface area contributed by atoms with Crippen LogP contribution in [0.15, 0.2) is 18.3 Å². The molecule has 24 heavy (non-hydrogen) atoms. The van der Waals surface area contributed by atoms with Crippen LogP contribution in [-0.2, 0) is 0 Å². The summed E-state index contributed by atoms with van der Waals surface area (Å²) in [4.78, 5) is 21.2. The number of likely N-dealkylation sites (tertiary alicyclic amines) is 2. The number of carbonyl (C=O) groups excluding carboxylic acids is 1. The quantitative estimate of drug-likeness (QED) is 0.887. The molecule has 1 aromatic rings. The van der Waals surface area contributed by atoms with Gasteiger partial charge < -0.3 is 10.0 Å². The molecule has 6 heteroatoms. The summed E-state index contributed by atoms with van der Waals surface area (Å²) in [6, 6.07) is 3.67. The van der Waals surface area contributed by atoms with Crippen molar-refractivity contribution in [1.29, 1.82) is 0 Å². The van der Waals surface area contributed by atoms with Gasteiger partial charge in [0, 0.05) is 25.3 Å². The van der Waals surface area contributed by atoms with Gasteiger partial charge in [0.05, 0.1) is 11.1 Å². The van der Waals surface area contributed by atoms with E-state index in [0.717, 1.165) is 39.0 Å². The molecule has 2 aliphatic heterocycles. The standard InChI is InChI=1S/C18H24ClN3O2/c19-14-3-4-15(20-9-14)18(24)22-10-12-7-16(21-5-1-2-6-21)17(23)8-13(12)11-22/h3-4,9,12-13,16-17,23H,1-2,5-8,10-11H2/t12-,13+,16-,17-/m1/s1. The zero-order valence-corrected chi connectivity index (χ0v) is 14.5. The van der Waals surface area contributed by atoms with Gasteiger partial charge in [-0.05, 0) is 62.7 Å². The van der Waals surface area contributed by atoms with Crippen LogP contribution in [0.5, 0.6) is 0 Å². The molecule has 0 aromatic carbocycles. The molecule has 4 rings (SSSR count). The molecule has 0 radical (unpaired) electrons. The lowest BCUT2D eigenvalue weighted by atomic mass is 9.77. The van der Waals surface area contributed by atoms with Crippen molar-refractivity contribution in [2.24, 2.45) is 11.8 Å². The first-order valence-corrected chi connectivity index (χ1v) is 9.32. The Hall–Kier alpha value is -1.17. The zero-order valence-electron chi connectivity index (χ0n) is 13.8. The van der Waals surface area contributed by atoms with Crippen LogP contribution in [0.3, 0.4) is 0 Å². The fourth-order valence-electron chi connectivity index (χ4n) is 4.70. The molecule has 0 unspecified atom stereocenters. The Labute approximate surface area is 147 Å². The number of aromatic nitrogens is 1. The van der Waals surface area contributed by atoms with E-state index >= 15 is 0 Å².